The summed E-state index contributed by atoms with van der Waals surface area (Å²) in [7, 11) is 0. The van der Waals surface area contributed by atoms with Gasteiger partial charge in [-0.15, -0.1) is 0 Å². The van der Waals surface area contributed by atoms with Crippen LogP contribution >= 0.6 is 0 Å². The third kappa shape index (κ3) is 9.48. The van der Waals surface area contributed by atoms with Crippen molar-refractivity contribution < 1.29 is 40.2 Å². The second kappa shape index (κ2) is 13.3. The van der Waals surface area contributed by atoms with Gasteiger partial charge in [-0.3, -0.25) is 0 Å². The molecule has 37 heavy (non-hydrogen) atoms. The molecule has 2 aliphatic rings. The van der Waals surface area contributed by atoms with Crippen LogP contribution in [0.1, 0.15) is 89.5 Å². The Labute approximate surface area is 214 Å². The molecule has 0 bridgehead atoms. The molecule has 0 spiro atoms. The number of hydrogen-bond acceptors (Lipinski definition) is 2. The second-order valence-corrected chi connectivity index (χ2v) is 10.5. The van der Waals surface area contributed by atoms with Crippen LogP contribution < -0.4 is 4.74 Å². The molecule has 0 amide bonds. The van der Waals surface area contributed by atoms with Crippen molar-refractivity contribution in [1.29, 1.82) is 0 Å². The van der Waals surface area contributed by atoms with E-state index in [0.29, 0.717) is 24.7 Å². The van der Waals surface area contributed by atoms with Crippen molar-refractivity contribution >= 4 is 0 Å². The Kier molecular flexibility index (Phi) is 10.7. The van der Waals surface area contributed by atoms with Gasteiger partial charge in [0, 0.05) is 12.1 Å². The van der Waals surface area contributed by atoms with E-state index in [1.807, 2.05) is 0 Å². The van der Waals surface area contributed by atoms with E-state index in [0.717, 1.165) is 18.8 Å². The third-order valence-electron chi connectivity index (χ3n) is 7.53. The maximum absolute atomic E-state index is 14.2. The molecule has 3 rings (SSSR count). The Morgan fingerprint density at radius 2 is 1.35 bits per heavy atom. The summed E-state index contributed by atoms with van der Waals surface area (Å²) in [5.41, 5.74) is -2.15. The van der Waals surface area contributed by atoms with E-state index in [2.05, 4.69) is 23.8 Å². The van der Waals surface area contributed by atoms with Gasteiger partial charge in [0.25, 0.3) is 0 Å². The number of hydrogen-bond donors (Lipinski definition) is 0. The fourth-order valence-electron chi connectivity index (χ4n) is 5.41. The zero-order chi connectivity index (χ0) is 27.1. The summed E-state index contributed by atoms with van der Waals surface area (Å²) in [6, 6.07) is 0.187. The van der Waals surface area contributed by atoms with E-state index >= 15 is 0 Å². The van der Waals surface area contributed by atoms with E-state index in [9.17, 15) is 30.7 Å². The fourth-order valence-corrected chi connectivity index (χ4v) is 5.41. The fraction of sp³-hybridized carbons (Fsp3) is 0.714. The Balaban J connectivity index is 1.38. The summed E-state index contributed by atoms with van der Waals surface area (Å²) in [4.78, 5) is 0. The maximum Gasteiger partial charge on any atom is 0.422 e. The smallest absolute Gasteiger partial charge is 0.422 e. The predicted molar refractivity (Wildman–Crippen MR) is 127 cm³/mol. The first-order chi connectivity index (χ1) is 17.5. The molecule has 0 saturated heterocycles. The highest BCUT2D eigenvalue weighted by atomic mass is 19.4. The van der Waals surface area contributed by atoms with Crippen molar-refractivity contribution in [3.63, 3.8) is 0 Å². The van der Waals surface area contributed by atoms with Gasteiger partial charge in [-0.25, -0.2) is 8.78 Å². The van der Waals surface area contributed by atoms with Crippen molar-refractivity contribution in [2.75, 3.05) is 6.61 Å². The van der Waals surface area contributed by atoms with Crippen molar-refractivity contribution in [2.24, 2.45) is 17.8 Å². The standard InChI is InChI=1S/C28H37F7O2/c1-2-3-4-5-19-6-8-20(9-7-19)10-11-21-12-14-22(15-13-21)36-18-27(31,32)37-23-16-24(29)26(25(30)17-23)28(33,34)35/h10-11,16-17,19-22H,2-9,12-15,18H2,1H3. The van der Waals surface area contributed by atoms with Gasteiger partial charge in [0.05, 0.1) is 6.10 Å². The minimum Gasteiger partial charge on any atom is -0.431 e. The van der Waals surface area contributed by atoms with E-state index in [4.69, 9.17) is 4.74 Å². The van der Waals surface area contributed by atoms with Crippen LogP contribution in [-0.2, 0) is 10.9 Å². The van der Waals surface area contributed by atoms with Crippen molar-refractivity contribution in [3.05, 3.63) is 41.5 Å². The molecule has 9 heteroatoms. The number of alkyl halides is 5. The summed E-state index contributed by atoms with van der Waals surface area (Å²) in [5.74, 6) is -3.22. The molecule has 0 radical (unpaired) electrons. The molecule has 0 aromatic heterocycles. The summed E-state index contributed by atoms with van der Waals surface area (Å²) in [5, 5.41) is 0. The molecule has 2 saturated carbocycles. The Morgan fingerprint density at radius 1 is 0.811 bits per heavy atom. The zero-order valence-corrected chi connectivity index (χ0v) is 21.3. The summed E-state index contributed by atoms with van der Waals surface area (Å²) < 4.78 is 103. The Bertz CT molecular complexity index is 845. The molecule has 0 N–H and O–H groups in total. The van der Waals surface area contributed by atoms with Crippen LogP contribution in [0.25, 0.3) is 0 Å². The van der Waals surface area contributed by atoms with Gasteiger partial charge < -0.3 is 9.47 Å². The van der Waals surface area contributed by atoms with Crippen molar-refractivity contribution in [2.45, 2.75) is 102 Å². The van der Waals surface area contributed by atoms with Crippen LogP contribution in [0, 0.1) is 29.4 Å². The number of benzene rings is 1. The molecule has 0 atom stereocenters. The molecule has 2 aliphatic carbocycles. The molecule has 1 aromatic carbocycles. The first kappa shape index (κ1) is 29.8. The van der Waals surface area contributed by atoms with Gasteiger partial charge in [0.1, 0.15) is 22.9 Å². The molecule has 0 unspecified atom stereocenters. The lowest BCUT2D eigenvalue weighted by atomic mass is 9.78. The molecule has 0 heterocycles. The van der Waals surface area contributed by atoms with Crippen molar-refractivity contribution in [1.82, 2.24) is 0 Å². The molecule has 2 nitrogen and oxygen atoms in total. The summed E-state index contributed by atoms with van der Waals surface area (Å²) >= 11 is 0. The minimum absolute atomic E-state index is 0.0935. The highest BCUT2D eigenvalue weighted by molar-refractivity contribution is 5.32. The topological polar surface area (TPSA) is 18.5 Å². The first-order valence-corrected chi connectivity index (χ1v) is 13.4. The van der Waals surface area contributed by atoms with Crippen LogP contribution in [0.15, 0.2) is 24.3 Å². The third-order valence-corrected chi connectivity index (χ3v) is 7.53. The molecular weight excluding hydrogens is 501 g/mol. The molecule has 210 valence electrons. The van der Waals surface area contributed by atoms with Gasteiger partial charge in [-0.1, -0.05) is 44.8 Å². The second-order valence-electron chi connectivity index (χ2n) is 10.5. The lowest BCUT2D eigenvalue weighted by Gasteiger charge is -2.29. The van der Waals surface area contributed by atoms with Gasteiger partial charge in [0.15, 0.2) is 6.61 Å². The van der Waals surface area contributed by atoms with Gasteiger partial charge in [-0.2, -0.15) is 22.0 Å². The minimum atomic E-state index is -5.29. The maximum atomic E-state index is 14.2. The van der Waals surface area contributed by atoms with E-state index < -0.39 is 47.9 Å². The van der Waals surface area contributed by atoms with Crippen LogP contribution in [0.3, 0.4) is 0 Å². The number of ether oxygens (including phenoxy) is 2. The SMILES string of the molecule is CCCCCC1CCC(C=CC2CCC(OCC(F)(F)Oc3cc(F)c(C(F)(F)F)c(F)c3)CC2)CC1. The van der Waals surface area contributed by atoms with Gasteiger partial charge in [0.2, 0.25) is 0 Å². The van der Waals surface area contributed by atoms with E-state index in [1.54, 1.807) is 0 Å². The number of unbranched alkanes of at least 4 members (excludes halogenated alkanes) is 2. The van der Waals surface area contributed by atoms with E-state index in [-0.39, 0.29) is 12.1 Å². The lowest BCUT2D eigenvalue weighted by Crippen LogP contribution is -2.34. The predicted octanol–water partition coefficient (Wildman–Crippen LogP) is 9.47. The van der Waals surface area contributed by atoms with Crippen molar-refractivity contribution in [3.8, 4) is 5.75 Å². The monoisotopic (exact) mass is 538 g/mol. The Morgan fingerprint density at radius 3 is 1.86 bits per heavy atom. The van der Waals surface area contributed by atoms with E-state index in [1.165, 1.54) is 51.4 Å². The highest BCUT2D eigenvalue weighted by Crippen LogP contribution is 2.37. The first-order valence-electron chi connectivity index (χ1n) is 13.4. The van der Waals surface area contributed by atoms with Crippen LogP contribution in [0.4, 0.5) is 30.7 Å². The van der Waals surface area contributed by atoms with Crippen LogP contribution in [0.5, 0.6) is 5.75 Å². The summed E-state index contributed by atoms with van der Waals surface area (Å²) in [6.07, 6.45) is 8.06. The van der Waals surface area contributed by atoms with Gasteiger partial charge in [-0.05, 0) is 69.1 Å². The molecule has 1 aromatic rings. The molecular formula is C28H37F7O2. The summed E-state index contributed by atoms with van der Waals surface area (Å²) in [6.45, 7) is 1.06. The average Bonchev–Trinajstić information content (AvgIpc) is 2.81. The number of halogens is 7. The van der Waals surface area contributed by atoms with Gasteiger partial charge >= 0.3 is 12.3 Å². The Hall–Kier alpha value is -1.77. The zero-order valence-electron chi connectivity index (χ0n) is 21.3. The average molecular weight is 539 g/mol. The highest BCUT2D eigenvalue weighted by Gasteiger charge is 2.40. The van der Waals surface area contributed by atoms with Crippen LogP contribution in [0.2, 0.25) is 0 Å². The quantitative estimate of drug-likeness (QED) is 0.159. The lowest BCUT2D eigenvalue weighted by molar-refractivity contribution is -0.222. The molecule has 0 aliphatic heterocycles. The normalized spacial score (nSPS) is 25.5. The van der Waals surface area contributed by atoms with Crippen LogP contribution in [-0.4, -0.2) is 18.8 Å². The largest absolute Gasteiger partial charge is 0.431 e. The number of allylic oxidation sites excluding steroid dienone is 2. The molecule has 2 fully saturated rings. The number of rotatable bonds is 11.